The first kappa shape index (κ1) is 12.5. The molecule has 0 saturated heterocycles. The molecule has 3 aromatic heterocycles. The largest absolute Gasteiger partial charge is 0.328 e. The van der Waals surface area contributed by atoms with Gasteiger partial charge in [-0.2, -0.15) is 5.10 Å². The Balaban J connectivity index is 1.64. The molecular formula is C13H11BrN6O. The summed E-state index contributed by atoms with van der Waals surface area (Å²) in [6.45, 7) is 1.82. The van der Waals surface area contributed by atoms with Crippen molar-refractivity contribution in [3.63, 3.8) is 0 Å². The minimum atomic E-state index is -0.0796. The minimum Gasteiger partial charge on any atom is -0.328 e. The van der Waals surface area contributed by atoms with Crippen molar-refractivity contribution >= 4 is 27.4 Å². The van der Waals surface area contributed by atoms with Crippen molar-refractivity contribution in [2.45, 2.75) is 13.1 Å². The van der Waals surface area contributed by atoms with Crippen molar-refractivity contribution < 1.29 is 4.79 Å². The van der Waals surface area contributed by atoms with Crippen LogP contribution in [0.4, 0.5) is 0 Å². The number of aromatic nitrogens is 5. The Morgan fingerprint density at radius 2 is 2.19 bits per heavy atom. The fourth-order valence-electron chi connectivity index (χ4n) is 2.47. The number of pyridine rings is 1. The monoisotopic (exact) mass is 346 g/mol. The van der Waals surface area contributed by atoms with E-state index in [1.54, 1.807) is 21.8 Å². The third kappa shape index (κ3) is 2.11. The maximum Gasteiger partial charge on any atom is 0.274 e. The highest BCUT2D eigenvalue weighted by Gasteiger charge is 2.24. The molecule has 1 aliphatic heterocycles. The van der Waals surface area contributed by atoms with Gasteiger partial charge in [-0.25, -0.2) is 4.52 Å². The minimum absolute atomic E-state index is 0.0796. The van der Waals surface area contributed by atoms with E-state index in [0.717, 1.165) is 15.8 Å². The maximum atomic E-state index is 12.6. The molecule has 0 bridgehead atoms. The van der Waals surface area contributed by atoms with Crippen LogP contribution in [0, 0.1) is 0 Å². The predicted octanol–water partition coefficient (Wildman–Crippen LogP) is 1.34. The van der Waals surface area contributed by atoms with Crippen LogP contribution in [0.5, 0.6) is 0 Å². The Labute approximate surface area is 128 Å². The molecule has 1 aliphatic rings. The van der Waals surface area contributed by atoms with Gasteiger partial charge >= 0.3 is 0 Å². The standard InChI is InChI=1S/C13H11BrN6O/c14-9-1-2-10-5-11(17-20(10)6-9)13(21)18-3-4-19-8-15-16-12(19)7-18/h1-2,5-6,8H,3-4,7H2. The number of hydrogen-bond donors (Lipinski definition) is 0. The van der Waals surface area contributed by atoms with E-state index in [1.807, 2.05) is 22.9 Å². The van der Waals surface area contributed by atoms with Gasteiger partial charge in [-0.15, -0.1) is 10.2 Å². The van der Waals surface area contributed by atoms with Crippen LogP contribution in [0.15, 0.2) is 35.2 Å². The van der Waals surface area contributed by atoms with Gasteiger partial charge in [0.15, 0.2) is 11.5 Å². The lowest BCUT2D eigenvalue weighted by molar-refractivity contribution is 0.0701. The molecule has 7 nitrogen and oxygen atoms in total. The number of fused-ring (bicyclic) bond motifs is 2. The highest BCUT2D eigenvalue weighted by Crippen LogP contribution is 2.16. The molecule has 0 radical (unpaired) electrons. The van der Waals surface area contributed by atoms with Gasteiger partial charge in [-0.05, 0) is 34.1 Å². The molecule has 0 unspecified atom stereocenters. The zero-order valence-corrected chi connectivity index (χ0v) is 12.6. The molecule has 0 atom stereocenters. The van der Waals surface area contributed by atoms with Gasteiger partial charge in [0, 0.05) is 23.8 Å². The van der Waals surface area contributed by atoms with Crippen molar-refractivity contribution in [1.82, 2.24) is 29.3 Å². The Hall–Kier alpha value is -2.22. The fraction of sp³-hybridized carbons (Fsp3) is 0.231. The van der Waals surface area contributed by atoms with E-state index >= 15 is 0 Å². The summed E-state index contributed by atoms with van der Waals surface area (Å²) in [5, 5.41) is 12.2. The number of hydrogen-bond acceptors (Lipinski definition) is 4. The van der Waals surface area contributed by atoms with Crippen LogP contribution in [-0.2, 0) is 13.1 Å². The molecule has 21 heavy (non-hydrogen) atoms. The number of halogens is 1. The fourth-order valence-corrected chi connectivity index (χ4v) is 2.79. The van der Waals surface area contributed by atoms with Crippen molar-refractivity contribution in [2.24, 2.45) is 0 Å². The Morgan fingerprint density at radius 1 is 1.29 bits per heavy atom. The van der Waals surface area contributed by atoms with Crippen LogP contribution in [0.2, 0.25) is 0 Å². The van der Waals surface area contributed by atoms with Crippen LogP contribution in [0.1, 0.15) is 16.3 Å². The molecule has 0 fully saturated rings. The zero-order valence-electron chi connectivity index (χ0n) is 11.0. The van der Waals surface area contributed by atoms with Crippen LogP contribution in [0.25, 0.3) is 5.52 Å². The average molecular weight is 347 g/mol. The first-order valence-electron chi connectivity index (χ1n) is 6.51. The second kappa shape index (κ2) is 4.66. The summed E-state index contributed by atoms with van der Waals surface area (Å²) in [7, 11) is 0. The lowest BCUT2D eigenvalue weighted by Gasteiger charge is -2.26. The molecular weight excluding hydrogens is 336 g/mol. The summed E-state index contributed by atoms with van der Waals surface area (Å²) in [4.78, 5) is 14.3. The summed E-state index contributed by atoms with van der Waals surface area (Å²) in [6, 6.07) is 5.64. The van der Waals surface area contributed by atoms with E-state index in [9.17, 15) is 4.79 Å². The second-order valence-electron chi connectivity index (χ2n) is 4.91. The highest BCUT2D eigenvalue weighted by atomic mass is 79.9. The van der Waals surface area contributed by atoms with Gasteiger partial charge in [0.2, 0.25) is 0 Å². The topological polar surface area (TPSA) is 68.3 Å². The second-order valence-corrected chi connectivity index (χ2v) is 5.83. The number of nitrogens with zero attached hydrogens (tertiary/aromatic N) is 6. The average Bonchev–Trinajstić information content (AvgIpc) is 3.11. The van der Waals surface area contributed by atoms with E-state index < -0.39 is 0 Å². The van der Waals surface area contributed by atoms with E-state index in [0.29, 0.717) is 25.3 Å². The maximum absolute atomic E-state index is 12.6. The van der Waals surface area contributed by atoms with Gasteiger partial charge in [-0.1, -0.05) is 0 Å². The van der Waals surface area contributed by atoms with Gasteiger partial charge < -0.3 is 9.47 Å². The Bertz CT molecular complexity index is 838. The molecule has 3 aromatic rings. The predicted molar refractivity (Wildman–Crippen MR) is 77.7 cm³/mol. The first-order chi connectivity index (χ1) is 10.2. The molecule has 0 aromatic carbocycles. The summed E-state index contributed by atoms with van der Waals surface area (Å²) in [5.74, 6) is 0.727. The molecule has 0 N–H and O–H groups in total. The lowest BCUT2D eigenvalue weighted by atomic mass is 10.3. The van der Waals surface area contributed by atoms with Crippen molar-refractivity contribution in [1.29, 1.82) is 0 Å². The molecule has 8 heteroatoms. The van der Waals surface area contributed by atoms with Gasteiger partial charge in [0.25, 0.3) is 5.91 Å². The molecule has 106 valence electrons. The summed E-state index contributed by atoms with van der Waals surface area (Å²) >= 11 is 3.39. The Kier molecular flexibility index (Phi) is 2.78. The van der Waals surface area contributed by atoms with Crippen LogP contribution in [0.3, 0.4) is 0 Å². The summed E-state index contributed by atoms with van der Waals surface area (Å²) < 4.78 is 4.58. The lowest BCUT2D eigenvalue weighted by Crippen LogP contribution is -2.38. The van der Waals surface area contributed by atoms with Crippen LogP contribution in [-0.4, -0.2) is 41.7 Å². The molecule has 1 amide bonds. The van der Waals surface area contributed by atoms with Gasteiger partial charge in [0.1, 0.15) is 6.33 Å². The smallest absolute Gasteiger partial charge is 0.274 e. The number of carbonyl (C=O) groups excluding carboxylic acids is 1. The number of rotatable bonds is 1. The summed E-state index contributed by atoms with van der Waals surface area (Å²) in [6.07, 6.45) is 3.53. The van der Waals surface area contributed by atoms with Crippen molar-refractivity contribution in [3.05, 3.63) is 46.7 Å². The molecule has 0 saturated carbocycles. The van der Waals surface area contributed by atoms with Gasteiger partial charge in [0.05, 0.1) is 12.1 Å². The SMILES string of the molecule is O=C(c1cc2ccc(Br)cn2n1)N1CCn2cnnc2C1. The third-order valence-corrected chi connectivity index (χ3v) is 4.04. The molecule has 0 aliphatic carbocycles. The number of carbonyl (C=O) groups is 1. The molecule has 0 spiro atoms. The van der Waals surface area contributed by atoms with E-state index in [2.05, 4.69) is 31.2 Å². The highest BCUT2D eigenvalue weighted by molar-refractivity contribution is 9.10. The quantitative estimate of drug-likeness (QED) is 0.666. The third-order valence-electron chi connectivity index (χ3n) is 3.57. The zero-order chi connectivity index (χ0) is 14.4. The first-order valence-corrected chi connectivity index (χ1v) is 7.31. The van der Waals surface area contributed by atoms with E-state index in [1.165, 1.54) is 0 Å². The molecule has 4 heterocycles. The van der Waals surface area contributed by atoms with E-state index in [4.69, 9.17) is 0 Å². The van der Waals surface area contributed by atoms with Crippen molar-refractivity contribution in [2.75, 3.05) is 6.54 Å². The van der Waals surface area contributed by atoms with Crippen LogP contribution < -0.4 is 0 Å². The van der Waals surface area contributed by atoms with Crippen molar-refractivity contribution in [3.8, 4) is 0 Å². The normalized spacial score (nSPS) is 14.4. The van der Waals surface area contributed by atoms with E-state index in [-0.39, 0.29) is 5.91 Å². The molecule has 4 rings (SSSR count). The van der Waals surface area contributed by atoms with Crippen LogP contribution >= 0.6 is 15.9 Å². The number of amides is 1. The Morgan fingerprint density at radius 3 is 3.10 bits per heavy atom. The summed E-state index contributed by atoms with van der Waals surface area (Å²) in [5.41, 5.74) is 1.34. The van der Waals surface area contributed by atoms with Gasteiger partial charge in [-0.3, -0.25) is 4.79 Å².